The molecule has 1 fully saturated rings. The number of nitrogens with one attached hydrogen (secondary N) is 1. The number of aromatic nitrogens is 1. The van der Waals surface area contributed by atoms with Gasteiger partial charge in [0.05, 0.1) is 5.92 Å². The van der Waals surface area contributed by atoms with Crippen molar-refractivity contribution in [3.63, 3.8) is 0 Å². The minimum Gasteiger partial charge on any atom is -0.373 e. The first kappa shape index (κ1) is 16.7. The average molecular weight is 305 g/mol. The molecule has 1 aromatic rings. The normalized spacial score (nSPS) is 20.5. The van der Waals surface area contributed by atoms with Crippen molar-refractivity contribution in [2.24, 2.45) is 5.92 Å². The molecule has 1 aromatic heterocycles. The number of hydrogen-bond donors (Lipinski definition) is 1. The number of hydrogen-bond acceptors (Lipinski definition) is 5. The number of amides is 1. The van der Waals surface area contributed by atoms with E-state index < -0.39 is 0 Å². The fourth-order valence-corrected chi connectivity index (χ4v) is 2.94. The van der Waals surface area contributed by atoms with Crippen molar-refractivity contribution in [2.45, 2.75) is 6.54 Å². The molecule has 1 aliphatic heterocycles. The Bertz CT molecular complexity index is 505. The molecule has 1 N–H and O–H groups in total. The molecule has 6 nitrogen and oxygen atoms in total. The zero-order chi connectivity index (χ0) is 16.1. The quantitative estimate of drug-likeness (QED) is 0.882. The van der Waals surface area contributed by atoms with E-state index in [-0.39, 0.29) is 11.8 Å². The van der Waals surface area contributed by atoms with Gasteiger partial charge in [0.15, 0.2) is 0 Å². The molecule has 0 saturated carbocycles. The summed E-state index contributed by atoms with van der Waals surface area (Å²) in [5.74, 6) is 1.14. The largest absolute Gasteiger partial charge is 0.373 e. The lowest BCUT2D eigenvalue weighted by Gasteiger charge is -2.25. The first-order valence-electron chi connectivity index (χ1n) is 7.75. The Hall–Kier alpha value is -1.66. The van der Waals surface area contributed by atoms with E-state index in [1.54, 1.807) is 11.1 Å². The summed E-state index contributed by atoms with van der Waals surface area (Å²) < 4.78 is 0. The van der Waals surface area contributed by atoms with E-state index in [0.717, 1.165) is 38.5 Å². The summed E-state index contributed by atoms with van der Waals surface area (Å²) in [5, 5.41) is 3.14. The Labute approximate surface area is 133 Å². The van der Waals surface area contributed by atoms with E-state index in [1.165, 1.54) is 5.56 Å². The lowest BCUT2D eigenvalue weighted by Crippen LogP contribution is -2.40. The highest BCUT2D eigenvalue weighted by Gasteiger charge is 2.27. The monoisotopic (exact) mass is 305 g/mol. The Kier molecular flexibility index (Phi) is 5.74. The molecular formula is C16H27N5O. The Balaban J connectivity index is 2.11. The molecule has 0 aromatic carbocycles. The number of rotatable bonds is 4. The summed E-state index contributed by atoms with van der Waals surface area (Å²) >= 11 is 0. The van der Waals surface area contributed by atoms with Crippen LogP contribution in [-0.2, 0) is 11.3 Å². The Morgan fingerprint density at radius 1 is 1.41 bits per heavy atom. The van der Waals surface area contributed by atoms with Crippen LogP contribution in [0.25, 0.3) is 0 Å². The maximum Gasteiger partial charge on any atom is 0.227 e. The van der Waals surface area contributed by atoms with E-state index in [2.05, 4.69) is 33.2 Å². The zero-order valence-electron chi connectivity index (χ0n) is 14.0. The summed E-state index contributed by atoms with van der Waals surface area (Å²) in [6.45, 7) is 4.37. The summed E-state index contributed by atoms with van der Waals surface area (Å²) in [4.78, 5) is 23.0. The molecule has 0 bridgehead atoms. The minimum absolute atomic E-state index is 0.0252. The van der Waals surface area contributed by atoms with E-state index in [0.29, 0.717) is 0 Å². The van der Waals surface area contributed by atoms with Gasteiger partial charge in [-0.25, -0.2) is 4.98 Å². The molecule has 1 atom stereocenters. The molecule has 0 aliphatic carbocycles. The number of likely N-dealkylation sites (N-methyl/N-ethyl adjacent to an activating group) is 1. The van der Waals surface area contributed by atoms with Gasteiger partial charge in [0.2, 0.25) is 5.91 Å². The van der Waals surface area contributed by atoms with Gasteiger partial charge in [-0.1, -0.05) is 6.07 Å². The molecule has 122 valence electrons. The van der Waals surface area contributed by atoms with Gasteiger partial charge >= 0.3 is 0 Å². The predicted octanol–water partition coefficient (Wildman–Crippen LogP) is 0.575. The molecule has 6 heteroatoms. The maximum absolute atomic E-state index is 12.4. The van der Waals surface area contributed by atoms with Crippen molar-refractivity contribution in [2.75, 3.05) is 59.7 Å². The number of nitrogens with zero attached hydrogens (tertiary/aromatic N) is 4. The molecular weight excluding hydrogens is 278 g/mol. The topological polar surface area (TPSA) is 51.7 Å². The fourth-order valence-electron chi connectivity index (χ4n) is 2.94. The molecule has 1 amide bonds. The van der Waals surface area contributed by atoms with Gasteiger partial charge in [-0.15, -0.1) is 0 Å². The van der Waals surface area contributed by atoms with Crippen molar-refractivity contribution in [1.29, 1.82) is 0 Å². The van der Waals surface area contributed by atoms with E-state index >= 15 is 0 Å². The number of anilines is 1. The van der Waals surface area contributed by atoms with Crippen LogP contribution in [0.15, 0.2) is 18.3 Å². The third kappa shape index (κ3) is 4.18. The second-order valence-corrected chi connectivity index (χ2v) is 6.19. The molecule has 0 unspecified atom stereocenters. The molecule has 22 heavy (non-hydrogen) atoms. The lowest BCUT2D eigenvalue weighted by atomic mass is 10.1. The Morgan fingerprint density at radius 2 is 2.18 bits per heavy atom. The van der Waals surface area contributed by atoms with Gasteiger partial charge in [-0.3, -0.25) is 9.69 Å². The summed E-state index contributed by atoms with van der Waals surface area (Å²) in [6.07, 6.45) is 1.80. The Morgan fingerprint density at radius 3 is 2.86 bits per heavy atom. The molecule has 2 heterocycles. The highest BCUT2D eigenvalue weighted by molar-refractivity contribution is 5.78. The highest BCUT2D eigenvalue weighted by atomic mass is 16.2. The predicted molar refractivity (Wildman–Crippen MR) is 88.7 cm³/mol. The minimum atomic E-state index is 0.0252. The molecule has 1 saturated heterocycles. The third-order valence-electron chi connectivity index (χ3n) is 4.12. The van der Waals surface area contributed by atoms with Crippen LogP contribution in [-0.4, -0.2) is 80.0 Å². The van der Waals surface area contributed by atoms with Crippen LogP contribution in [0.4, 0.5) is 5.82 Å². The van der Waals surface area contributed by atoms with Crippen LogP contribution in [0.2, 0.25) is 0 Å². The zero-order valence-corrected chi connectivity index (χ0v) is 14.0. The van der Waals surface area contributed by atoms with Crippen molar-refractivity contribution < 1.29 is 4.79 Å². The van der Waals surface area contributed by atoms with Gasteiger partial charge in [0.1, 0.15) is 5.82 Å². The van der Waals surface area contributed by atoms with E-state index in [9.17, 15) is 4.79 Å². The van der Waals surface area contributed by atoms with Crippen molar-refractivity contribution >= 4 is 11.7 Å². The first-order valence-corrected chi connectivity index (χ1v) is 7.75. The summed E-state index contributed by atoms with van der Waals surface area (Å²) in [7, 11) is 7.64. The maximum atomic E-state index is 12.4. The van der Waals surface area contributed by atoms with Crippen LogP contribution in [0.5, 0.6) is 0 Å². The van der Waals surface area contributed by atoms with Crippen LogP contribution in [0.3, 0.4) is 0 Å². The average Bonchev–Trinajstić information content (AvgIpc) is 2.69. The van der Waals surface area contributed by atoms with Gasteiger partial charge in [-0.2, -0.15) is 0 Å². The number of carbonyl (C=O) groups is 1. The van der Waals surface area contributed by atoms with Crippen LogP contribution < -0.4 is 5.32 Å². The SMILES string of the molecule is CNc1ncccc1CN1CCN(C)C[C@@H](C(=O)N(C)C)C1. The lowest BCUT2D eigenvalue weighted by molar-refractivity contribution is -0.133. The van der Waals surface area contributed by atoms with Gasteiger partial charge in [0, 0.05) is 65.6 Å². The number of carbonyl (C=O) groups excluding carboxylic acids is 1. The highest BCUT2D eigenvalue weighted by Crippen LogP contribution is 2.17. The molecule has 2 rings (SSSR count). The molecule has 0 spiro atoms. The first-order chi connectivity index (χ1) is 10.5. The van der Waals surface area contributed by atoms with Crippen LogP contribution >= 0.6 is 0 Å². The van der Waals surface area contributed by atoms with Gasteiger partial charge in [0.25, 0.3) is 0 Å². The summed E-state index contributed by atoms with van der Waals surface area (Å²) in [6, 6.07) is 4.05. The van der Waals surface area contributed by atoms with Crippen LogP contribution in [0, 0.1) is 5.92 Å². The smallest absolute Gasteiger partial charge is 0.227 e. The third-order valence-corrected chi connectivity index (χ3v) is 4.12. The van der Waals surface area contributed by atoms with Crippen molar-refractivity contribution in [1.82, 2.24) is 19.7 Å². The van der Waals surface area contributed by atoms with Crippen molar-refractivity contribution in [3.05, 3.63) is 23.9 Å². The number of pyridine rings is 1. The standard InChI is InChI=1S/C16H27N5O/c1-17-15-13(6-5-7-18-15)11-21-9-8-20(4)10-14(12-21)16(22)19(2)3/h5-7,14H,8-12H2,1-4H3,(H,17,18)/t14-/m1/s1. The fraction of sp³-hybridized carbons (Fsp3) is 0.625. The van der Waals surface area contributed by atoms with Gasteiger partial charge in [-0.05, 0) is 13.1 Å². The second kappa shape index (κ2) is 7.56. The van der Waals surface area contributed by atoms with E-state index in [1.807, 2.05) is 27.2 Å². The van der Waals surface area contributed by atoms with Crippen LogP contribution in [0.1, 0.15) is 5.56 Å². The summed E-state index contributed by atoms with van der Waals surface area (Å²) in [5.41, 5.74) is 1.17. The molecule has 0 radical (unpaired) electrons. The van der Waals surface area contributed by atoms with Gasteiger partial charge < -0.3 is 15.1 Å². The molecule has 1 aliphatic rings. The van der Waals surface area contributed by atoms with Crippen molar-refractivity contribution in [3.8, 4) is 0 Å². The van der Waals surface area contributed by atoms with E-state index in [4.69, 9.17) is 0 Å². The second-order valence-electron chi connectivity index (χ2n) is 6.19.